The van der Waals surface area contributed by atoms with Crippen molar-refractivity contribution in [2.45, 2.75) is 19.3 Å². The van der Waals surface area contributed by atoms with Gasteiger partial charge in [-0.15, -0.1) is 0 Å². The van der Waals surface area contributed by atoms with E-state index >= 15 is 0 Å². The van der Waals surface area contributed by atoms with Gasteiger partial charge in [-0.25, -0.2) is 0 Å². The van der Waals surface area contributed by atoms with Crippen LogP contribution in [0, 0.1) is 0 Å². The van der Waals surface area contributed by atoms with E-state index in [1.807, 2.05) is 24.3 Å². The van der Waals surface area contributed by atoms with Crippen LogP contribution in [0.5, 0.6) is 5.75 Å². The van der Waals surface area contributed by atoms with Crippen molar-refractivity contribution in [1.82, 2.24) is 0 Å². The van der Waals surface area contributed by atoms with Crippen LogP contribution < -0.4 is 0 Å². The third kappa shape index (κ3) is 3.06. The summed E-state index contributed by atoms with van der Waals surface area (Å²) in [6.07, 6.45) is 0. The molecule has 0 aliphatic heterocycles. The van der Waals surface area contributed by atoms with Crippen molar-refractivity contribution in [3.05, 3.63) is 60.9 Å². The Morgan fingerprint density at radius 1 is 0.895 bits per heavy atom. The quantitative estimate of drug-likeness (QED) is 0.596. The number of phenolic OH excluding ortho intramolecular Hbond substituents is 1. The second kappa shape index (κ2) is 5.58. The second-order valence-corrected chi connectivity index (χ2v) is 7.55. The molecular weight excluding hydrogens is 436 g/mol. The number of phenols is 1. The number of aromatic hydroxyl groups is 1. The van der Waals surface area contributed by atoms with Crippen LogP contribution >= 0.6 is 47.8 Å². The van der Waals surface area contributed by atoms with Gasteiger partial charge in [-0.1, -0.05) is 41.9 Å². The van der Waals surface area contributed by atoms with Crippen LogP contribution in [0.25, 0.3) is 0 Å². The molecule has 2 rings (SSSR count). The maximum atomic E-state index is 9.81. The summed E-state index contributed by atoms with van der Waals surface area (Å²) < 4.78 is 2.45. The molecular formula is C15H13Br3O. The van der Waals surface area contributed by atoms with E-state index in [9.17, 15) is 5.11 Å². The third-order valence-corrected chi connectivity index (χ3v) is 4.99. The van der Waals surface area contributed by atoms with E-state index in [4.69, 9.17) is 0 Å². The van der Waals surface area contributed by atoms with Gasteiger partial charge in [-0.05, 0) is 67.3 Å². The predicted octanol–water partition coefficient (Wildman–Crippen LogP) is 6.01. The van der Waals surface area contributed by atoms with E-state index in [1.165, 1.54) is 5.56 Å². The minimum Gasteiger partial charge on any atom is -0.506 e. The molecule has 0 amide bonds. The fraction of sp³-hybridized carbons (Fsp3) is 0.200. The van der Waals surface area contributed by atoms with Gasteiger partial charge in [-0.2, -0.15) is 0 Å². The molecule has 0 atom stereocenters. The number of rotatable bonds is 2. The van der Waals surface area contributed by atoms with Crippen LogP contribution in [-0.2, 0) is 5.41 Å². The Kier molecular flexibility index (Phi) is 4.43. The summed E-state index contributed by atoms with van der Waals surface area (Å²) in [7, 11) is 0. The lowest BCUT2D eigenvalue weighted by atomic mass is 9.78. The Morgan fingerprint density at radius 3 is 2.00 bits per heavy atom. The minimum atomic E-state index is -0.150. The highest BCUT2D eigenvalue weighted by molar-refractivity contribution is 9.11. The Bertz CT molecular complexity index is 598. The molecule has 19 heavy (non-hydrogen) atoms. The second-order valence-electron chi connectivity index (χ2n) is 4.92. The molecule has 1 N–H and O–H groups in total. The molecule has 1 nitrogen and oxygen atoms in total. The number of halogens is 3. The van der Waals surface area contributed by atoms with Crippen LogP contribution in [0.1, 0.15) is 25.0 Å². The maximum Gasteiger partial charge on any atom is 0.143 e. The molecule has 0 saturated heterocycles. The molecule has 0 spiro atoms. The Morgan fingerprint density at radius 2 is 1.47 bits per heavy atom. The average Bonchev–Trinajstić information content (AvgIpc) is 2.35. The van der Waals surface area contributed by atoms with E-state index in [-0.39, 0.29) is 11.2 Å². The van der Waals surface area contributed by atoms with Crippen LogP contribution in [0.3, 0.4) is 0 Å². The molecule has 2 aromatic carbocycles. The molecule has 0 fully saturated rings. The van der Waals surface area contributed by atoms with E-state index in [2.05, 4.69) is 73.8 Å². The standard InChI is InChI=1S/C15H13Br3O/c1-15(2,9-4-3-5-11(16)6-9)10-7-12(17)14(19)13(18)8-10/h3-8,19H,1-2H3. The highest BCUT2D eigenvalue weighted by atomic mass is 79.9. The van der Waals surface area contributed by atoms with E-state index in [1.54, 1.807) is 0 Å². The fourth-order valence-corrected chi connectivity index (χ4v) is 3.56. The summed E-state index contributed by atoms with van der Waals surface area (Å²) in [5.41, 5.74) is 2.19. The zero-order valence-electron chi connectivity index (χ0n) is 10.5. The molecule has 0 aromatic heterocycles. The first-order valence-corrected chi connectivity index (χ1v) is 8.15. The van der Waals surface area contributed by atoms with Gasteiger partial charge >= 0.3 is 0 Å². The van der Waals surface area contributed by atoms with Crippen molar-refractivity contribution in [3.8, 4) is 5.75 Å². The molecule has 0 unspecified atom stereocenters. The van der Waals surface area contributed by atoms with Crippen molar-refractivity contribution < 1.29 is 5.11 Å². The molecule has 0 aliphatic carbocycles. The maximum absolute atomic E-state index is 9.81. The van der Waals surface area contributed by atoms with Crippen LogP contribution in [0.4, 0.5) is 0 Å². The Hall–Kier alpha value is -0.320. The largest absolute Gasteiger partial charge is 0.506 e. The Labute approximate surface area is 138 Å². The highest BCUT2D eigenvalue weighted by Gasteiger charge is 2.25. The lowest BCUT2D eigenvalue weighted by Gasteiger charge is -2.27. The van der Waals surface area contributed by atoms with Gasteiger partial charge in [-0.3, -0.25) is 0 Å². The summed E-state index contributed by atoms with van der Waals surface area (Å²) in [6.45, 7) is 4.33. The van der Waals surface area contributed by atoms with Gasteiger partial charge in [0.1, 0.15) is 5.75 Å². The lowest BCUT2D eigenvalue weighted by Crippen LogP contribution is -2.19. The van der Waals surface area contributed by atoms with Gasteiger partial charge in [0.15, 0.2) is 0 Å². The summed E-state index contributed by atoms with van der Waals surface area (Å²) in [4.78, 5) is 0. The molecule has 4 heteroatoms. The molecule has 0 aliphatic rings. The van der Waals surface area contributed by atoms with Crippen molar-refractivity contribution in [2.75, 3.05) is 0 Å². The van der Waals surface area contributed by atoms with Gasteiger partial charge in [0.2, 0.25) is 0 Å². The first-order chi connectivity index (χ1) is 8.82. The predicted molar refractivity (Wildman–Crippen MR) is 89.8 cm³/mol. The summed E-state index contributed by atoms with van der Waals surface area (Å²) in [5, 5.41) is 9.81. The SMILES string of the molecule is CC(C)(c1cccc(Br)c1)c1cc(Br)c(O)c(Br)c1. The molecule has 0 radical (unpaired) electrons. The fourth-order valence-electron chi connectivity index (χ4n) is 1.97. The van der Waals surface area contributed by atoms with Crippen LogP contribution in [-0.4, -0.2) is 5.11 Å². The van der Waals surface area contributed by atoms with Crippen LogP contribution in [0.15, 0.2) is 49.8 Å². The van der Waals surface area contributed by atoms with Crippen molar-refractivity contribution in [1.29, 1.82) is 0 Å². The lowest BCUT2D eigenvalue weighted by molar-refractivity contribution is 0.467. The topological polar surface area (TPSA) is 20.2 Å². The molecule has 0 bridgehead atoms. The van der Waals surface area contributed by atoms with Crippen molar-refractivity contribution in [2.24, 2.45) is 0 Å². The highest BCUT2D eigenvalue weighted by Crippen LogP contribution is 2.40. The van der Waals surface area contributed by atoms with Gasteiger partial charge in [0, 0.05) is 9.89 Å². The van der Waals surface area contributed by atoms with Crippen molar-refractivity contribution in [3.63, 3.8) is 0 Å². The number of benzene rings is 2. The number of hydrogen-bond acceptors (Lipinski definition) is 1. The van der Waals surface area contributed by atoms with Crippen LogP contribution in [0.2, 0.25) is 0 Å². The van der Waals surface area contributed by atoms with Crippen molar-refractivity contribution >= 4 is 47.8 Å². The van der Waals surface area contributed by atoms with Gasteiger partial charge < -0.3 is 5.11 Å². The molecule has 100 valence electrons. The zero-order chi connectivity index (χ0) is 14.2. The van der Waals surface area contributed by atoms with E-state index < -0.39 is 0 Å². The number of hydrogen-bond donors (Lipinski definition) is 1. The first kappa shape index (κ1) is 15.1. The minimum absolute atomic E-state index is 0.150. The molecule has 0 saturated carbocycles. The average molecular weight is 449 g/mol. The summed E-state index contributed by atoms with van der Waals surface area (Å²) in [5.74, 6) is 0.230. The molecule has 0 heterocycles. The monoisotopic (exact) mass is 446 g/mol. The summed E-state index contributed by atoms with van der Waals surface area (Å²) in [6, 6.07) is 12.2. The smallest absolute Gasteiger partial charge is 0.143 e. The van der Waals surface area contributed by atoms with Gasteiger partial charge in [0.25, 0.3) is 0 Å². The van der Waals surface area contributed by atoms with Gasteiger partial charge in [0.05, 0.1) is 8.95 Å². The van der Waals surface area contributed by atoms with E-state index in [0.29, 0.717) is 8.95 Å². The zero-order valence-corrected chi connectivity index (χ0v) is 15.3. The third-order valence-electron chi connectivity index (χ3n) is 3.28. The molecule has 2 aromatic rings. The van der Waals surface area contributed by atoms with E-state index in [0.717, 1.165) is 10.0 Å². The Balaban J connectivity index is 2.56. The first-order valence-electron chi connectivity index (χ1n) is 5.77. The normalized spacial score (nSPS) is 11.6. The summed E-state index contributed by atoms with van der Waals surface area (Å²) >= 11 is 10.3.